The molecule has 1 fully saturated rings. The molecule has 0 atom stereocenters. The number of amides is 1. The maximum Gasteiger partial charge on any atom is 0.243 e. The van der Waals surface area contributed by atoms with Gasteiger partial charge in [-0.25, -0.2) is 8.42 Å². The van der Waals surface area contributed by atoms with Crippen LogP contribution in [0.4, 0.5) is 0 Å². The molecule has 0 aromatic heterocycles. The van der Waals surface area contributed by atoms with Gasteiger partial charge in [0.2, 0.25) is 15.9 Å². The molecule has 6 nitrogen and oxygen atoms in total. The van der Waals surface area contributed by atoms with Crippen molar-refractivity contribution >= 4 is 15.9 Å². The van der Waals surface area contributed by atoms with Crippen LogP contribution >= 0.6 is 0 Å². The Morgan fingerprint density at radius 2 is 1.70 bits per heavy atom. The number of rotatable bonds is 8. The molecule has 1 saturated heterocycles. The Bertz CT molecular complexity index is 919. The van der Waals surface area contributed by atoms with Crippen LogP contribution in [0.15, 0.2) is 59.5 Å². The fraction of sp³-hybridized carbons (Fsp3) is 0.435. The summed E-state index contributed by atoms with van der Waals surface area (Å²) in [5, 5.41) is 2.96. The summed E-state index contributed by atoms with van der Waals surface area (Å²) >= 11 is 0. The van der Waals surface area contributed by atoms with Crippen molar-refractivity contribution in [3.63, 3.8) is 0 Å². The number of ether oxygens (including phenoxy) is 1. The van der Waals surface area contributed by atoms with E-state index in [1.165, 1.54) is 4.31 Å². The Labute approximate surface area is 179 Å². The van der Waals surface area contributed by atoms with Crippen LogP contribution in [0.5, 0.6) is 5.75 Å². The summed E-state index contributed by atoms with van der Waals surface area (Å²) in [6, 6.07) is 16.2. The largest absolute Gasteiger partial charge is 0.491 e. The van der Waals surface area contributed by atoms with Gasteiger partial charge in [-0.1, -0.05) is 30.3 Å². The lowest BCUT2D eigenvalue weighted by Crippen LogP contribution is -2.39. The molecule has 0 radical (unpaired) electrons. The zero-order valence-corrected chi connectivity index (χ0v) is 18.4. The highest BCUT2D eigenvalue weighted by molar-refractivity contribution is 7.89. The van der Waals surface area contributed by atoms with Crippen molar-refractivity contribution in [1.82, 2.24) is 9.62 Å². The van der Waals surface area contributed by atoms with Gasteiger partial charge in [-0.2, -0.15) is 4.31 Å². The standard InChI is InChI=1S/C23H30N2O4S/c1-18(2)29-21-10-8-20(9-11-21)17-24-23(26)16-19-12-14-25(15-13-19)30(27,28)22-6-4-3-5-7-22/h3-11,18-19H,12-17H2,1-2H3,(H,24,26). The molecule has 0 unspecified atom stereocenters. The third kappa shape index (κ3) is 6.06. The SMILES string of the molecule is CC(C)Oc1ccc(CNC(=O)CC2CCN(S(=O)(=O)c3ccccc3)CC2)cc1. The van der Waals surface area contributed by atoms with Crippen molar-refractivity contribution in [2.45, 2.75) is 50.7 Å². The molecule has 2 aromatic carbocycles. The van der Waals surface area contributed by atoms with E-state index in [4.69, 9.17) is 4.74 Å². The first-order chi connectivity index (χ1) is 14.3. The van der Waals surface area contributed by atoms with E-state index >= 15 is 0 Å². The molecule has 2 aromatic rings. The van der Waals surface area contributed by atoms with Gasteiger partial charge >= 0.3 is 0 Å². The smallest absolute Gasteiger partial charge is 0.243 e. The van der Waals surface area contributed by atoms with Crippen molar-refractivity contribution in [3.05, 3.63) is 60.2 Å². The van der Waals surface area contributed by atoms with Crippen molar-refractivity contribution in [1.29, 1.82) is 0 Å². The van der Waals surface area contributed by atoms with Crippen molar-refractivity contribution in [2.24, 2.45) is 5.92 Å². The van der Waals surface area contributed by atoms with E-state index in [0.717, 1.165) is 11.3 Å². The average Bonchev–Trinajstić information content (AvgIpc) is 2.74. The number of hydrogen-bond donors (Lipinski definition) is 1. The Morgan fingerprint density at radius 1 is 1.07 bits per heavy atom. The van der Waals surface area contributed by atoms with Crippen LogP contribution in [0.25, 0.3) is 0 Å². The van der Waals surface area contributed by atoms with Gasteiger partial charge in [-0.3, -0.25) is 4.79 Å². The molecule has 1 aliphatic rings. The third-order valence-corrected chi connectivity index (χ3v) is 7.13. The maximum absolute atomic E-state index is 12.7. The summed E-state index contributed by atoms with van der Waals surface area (Å²) in [7, 11) is -3.45. The van der Waals surface area contributed by atoms with Gasteiger partial charge in [0, 0.05) is 26.1 Å². The first kappa shape index (κ1) is 22.3. The molecule has 1 amide bonds. The lowest BCUT2D eigenvalue weighted by molar-refractivity contribution is -0.122. The summed E-state index contributed by atoms with van der Waals surface area (Å²) in [6.07, 6.45) is 1.94. The lowest BCUT2D eigenvalue weighted by Gasteiger charge is -2.31. The predicted octanol–water partition coefficient (Wildman–Crippen LogP) is 3.58. The summed E-state index contributed by atoms with van der Waals surface area (Å²) in [5.74, 6) is 1.02. The van der Waals surface area contributed by atoms with Gasteiger partial charge in [0.15, 0.2) is 0 Å². The van der Waals surface area contributed by atoms with Gasteiger partial charge < -0.3 is 10.1 Å². The van der Waals surface area contributed by atoms with Gasteiger partial charge in [-0.15, -0.1) is 0 Å². The van der Waals surface area contributed by atoms with E-state index in [0.29, 0.717) is 43.8 Å². The summed E-state index contributed by atoms with van der Waals surface area (Å²) in [4.78, 5) is 12.7. The fourth-order valence-electron chi connectivity index (χ4n) is 3.59. The van der Waals surface area contributed by atoms with Crippen molar-refractivity contribution in [3.8, 4) is 5.75 Å². The third-order valence-electron chi connectivity index (χ3n) is 5.21. The van der Waals surface area contributed by atoms with Gasteiger partial charge in [-0.05, 0) is 62.4 Å². The second-order valence-corrected chi connectivity index (χ2v) is 9.89. The molecule has 1 N–H and O–H groups in total. The van der Waals surface area contributed by atoms with E-state index in [1.807, 2.05) is 38.1 Å². The predicted molar refractivity (Wildman–Crippen MR) is 117 cm³/mol. The molecule has 7 heteroatoms. The van der Waals surface area contributed by atoms with Crippen LogP contribution in [0.2, 0.25) is 0 Å². The van der Waals surface area contributed by atoms with Gasteiger partial charge in [0.1, 0.15) is 5.75 Å². The van der Waals surface area contributed by atoms with Crippen molar-refractivity contribution < 1.29 is 17.9 Å². The van der Waals surface area contributed by atoms with E-state index < -0.39 is 10.0 Å². The topological polar surface area (TPSA) is 75.7 Å². The number of sulfonamides is 1. The highest BCUT2D eigenvalue weighted by atomic mass is 32.2. The monoisotopic (exact) mass is 430 g/mol. The minimum Gasteiger partial charge on any atom is -0.491 e. The Balaban J connectivity index is 1.43. The summed E-state index contributed by atoms with van der Waals surface area (Å²) in [5.41, 5.74) is 1.02. The second kappa shape index (κ2) is 10.1. The highest BCUT2D eigenvalue weighted by Crippen LogP contribution is 2.25. The normalized spacial score (nSPS) is 15.8. The lowest BCUT2D eigenvalue weighted by atomic mass is 9.94. The number of nitrogens with zero attached hydrogens (tertiary/aromatic N) is 1. The molecule has 0 bridgehead atoms. The van der Waals surface area contributed by atoms with E-state index in [2.05, 4.69) is 5.32 Å². The van der Waals surface area contributed by atoms with Crippen LogP contribution in [0.1, 0.15) is 38.7 Å². The zero-order valence-electron chi connectivity index (χ0n) is 17.6. The molecule has 1 heterocycles. The number of hydrogen-bond acceptors (Lipinski definition) is 4. The first-order valence-electron chi connectivity index (χ1n) is 10.4. The molecular weight excluding hydrogens is 400 g/mol. The molecule has 0 spiro atoms. The Morgan fingerprint density at radius 3 is 2.30 bits per heavy atom. The minimum atomic E-state index is -3.45. The van der Waals surface area contributed by atoms with E-state index in [1.54, 1.807) is 30.3 Å². The van der Waals surface area contributed by atoms with Crippen LogP contribution in [0, 0.1) is 5.92 Å². The number of nitrogens with one attached hydrogen (secondary N) is 1. The highest BCUT2D eigenvalue weighted by Gasteiger charge is 2.29. The molecule has 30 heavy (non-hydrogen) atoms. The first-order valence-corrected chi connectivity index (χ1v) is 11.9. The molecule has 1 aliphatic heterocycles. The van der Waals surface area contributed by atoms with Crippen LogP contribution < -0.4 is 10.1 Å². The van der Waals surface area contributed by atoms with Crippen LogP contribution in [-0.4, -0.2) is 37.8 Å². The number of carbonyl (C=O) groups is 1. The Kier molecular flexibility index (Phi) is 7.50. The summed E-state index contributed by atoms with van der Waals surface area (Å²) < 4.78 is 32.5. The molecule has 3 rings (SSSR count). The van der Waals surface area contributed by atoms with E-state index in [-0.39, 0.29) is 17.9 Å². The molecule has 0 aliphatic carbocycles. The molecule has 0 saturated carbocycles. The minimum absolute atomic E-state index is 0.00173. The van der Waals surface area contributed by atoms with Gasteiger partial charge in [0.05, 0.1) is 11.0 Å². The number of benzene rings is 2. The van der Waals surface area contributed by atoms with Crippen LogP contribution in [-0.2, 0) is 21.4 Å². The zero-order chi connectivity index (χ0) is 21.6. The number of carbonyl (C=O) groups excluding carboxylic acids is 1. The van der Waals surface area contributed by atoms with Crippen molar-refractivity contribution in [2.75, 3.05) is 13.1 Å². The molecule has 162 valence electrons. The second-order valence-electron chi connectivity index (χ2n) is 7.95. The van der Waals surface area contributed by atoms with Gasteiger partial charge in [0.25, 0.3) is 0 Å². The van der Waals surface area contributed by atoms with E-state index in [9.17, 15) is 13.2 Å². The number of piperidine rings is 1. The average molecular weight is 431 g/mol. The maximum atomic E-state index is 12.7. The quantitative estimate of drug-likeness (QED) is 0.695. The summed E-state index contributed by atoms with van der Waals surface area (Å²) in [6.45, 7) is 5.34. The Hall–Kier alpha value is -2.38. The molecular formula is C23H30N2O4S. The fourth-order valence-corrected chi connectivity index (χ4v) is 5.08. The van der Waals surface area contributed by atoms with Crippen LogP contribution in [0.3, 0.4) is 0 Å².